The number of pyridine rings is 1. The lowest BCUT2D eigenvalue weighted by Crippen LogP contribution is -2.45. The van der Waals surface area contributed by atoms with Crippen LogP contribution in [0.3, 0.4) is 0 Å². The lowest BCUT2D eigenvalue weighted by atomic mass is 9.69. The molecule has 1 aliphatic rings. The second-order valence-electron chi connectivity index (χ2n) is 10.9. The van der Waals surface area contributed by atoms with E-state index in [9.17, 15) is 23.5 Å². The fourth-order valence-corrected chi connectivity index (χ4v) is 5.24. The molecule has 0 bridgehead atoms. The number of aliphatic hydroxyl groups is 1. The summed E-state index contributed by atoms with van der Waals surface area (Å²) in [4.78, 5) is 30.9. The van der Waals surface area contributed by atoms with Gasteiger partial charge in [-0.1, -0.05) is 44.2 Å². The number of halogens is 2. The van der Waals surface area contributed by atoms with Crippen molar-refractivity contribution in [2.45, 2.75) is 58.2 Å². The largest absolute Gasteiger partial charge is 0.424 e. The van der Waals surface area contributed by atoms with E-state index < -0.39 is 41.1 Å². The molecule has 4 aromatic rings. The molecule has 2 atom stereocenters. The molecule has 2 aromatic heterocycles. The highest BCUT2D eigenvalue weighted by molar-refractivity contribution is 5.98. The number of fused-ring (bicyclic) bond motifs is 1. The zero-order chi connectivity index (χ0) is 30.2. The van der Waals surface area contributed by atoms with Crippen molar-refractivity contribution in [3.05, 3.63) is 94.3 Å². The molecule has 0 saturated carbocycles. The van der Waals surface area contributed by atoms with Crippen LogP contribution in [0.2, 0.25) is 0 Å². The van der Waals surface area contributed by atoms with E-state index in [0.29, 0.717) is 39.5 Å². The summed E-state index contributed by atoms with van der Waals surface area (Å²) < 4.78 is 33.7. The van der Waals surface area contributed by atoms with Crippen LogP contribution >= 0.6 is 0 Å². The number of benzene rings is 2. The Labute approximate surface area is 240 Å². The van der Waals surface area contributed by atoms with Gasteiger partial charge in [-0.15, -0.1) is 10.2 Å². The predicted molar refractivity (Wildman–Crippen MR) is 150 cm³/mol. The maximum atomic E-state index is 14.2. The molecule has 0 spiro atoms. The van der Waals surface area contributed by atoms with Crippen molar-refractivity contribution in [1.29, 1.82) is 0 Å². The van der Waals surface area contributed by atoms with Gasteiger partial charge in [-0.05, 0) is 53.6 Å². The Morgan fingerprint density at radius 2 is 1.79 bits per heavy atom. The summed E-state index contributed by atoms with van der Waals surface area (Å²) in [5.74, 6) is -1.92. The van der Waals surface area contributed by atoms with E-state index in [2.05, 4.69) is 31.1 Å². The summed E-state index contributed by atoms with van der Waals surface area (Å²) >= 11 is 0. The number of rotatable bonds is 6. The monoisotopic (exact) mass is 576 g/mol. The zero-order valence-electron chi connectivity index (χ0n) is 23.5. The van der Waals surface area contributed by atoms with Crippen molar-refractivity contribution < 1.29 is 27.9 Å². The number of hydrogen-bond donors (Lipinski definition) is 4. The van der Waals surface area contributed by atoms with Crippen LogP contribution in [0.1, 0.15) is 65.3 Å². The fraction of sp³-hybridized carbons (Fsp3) is 0.300. The maximum absolute atomic E-state index is 14.2. The van der Waals surface area contributed by atoms with E-state index in [4.69, 9.17) is 4.42 Å². The molecule has 1 unspecified atom stereocenters. The number of aliphatic hydroxyl groups excluding tert-OH is 1. The molecule has 42 heavy (non-hydrogen) atoms. The van der Waals surface area contributed by atoms with Gasteiger partial charge in [-0.3, -0.25) is 4.79 Å². The third kappa shape index (κ3) is 5.84. The number of nitrogens with one attached hydrogen (secondary N) is 3. The molecule has 4 N–H and O–H groups in total. The van der Waals surface area contributed by atoms with Crippen molar-refractivity contribution >= 4 is 17.6 Å². The number of urea groups is 1. The first-order valence-corrected chi connectivity index (χ1v) is 13.3. The standard InChI is InChI=1S/C30H30F2N6O4/c1-15-10-22(34-29(41)36-27-18-11-20(31)21(32)12-19(18)30(3,4)13-23(27)39)26(17-8-6-5-7-9-17)35-25(15)28(40)33-14-24-38-37-16(2)42-24/h5-12,23,27,39H,13-14H2,1-4H3,(H,33,40)(H2,34,36,41)/t23-,27?/m1/s1. The first-order chi connectivity index (χ1) is 19.9. The van der Waals surface area contributed by atoms with E-state index in [1.807, 2.05) is 19.9 Å². The van der Waals surface area contributed by atoms with Crippen LogP contribution in [0.5, 0.6) is 0 Å². The third-order valence-corrected chi connectivity index (χ3v) is 7.24. The SMILES string of the molecule is Cc1nnc(CNC(=O)c2nc(-c3ccccc3)c(NC(=O)NC3c4cc(F)c(F)cc4C(C)(C)C[C@H]3O)cc2C)o1. The van der Waals surface area contributed by atoms with Gasteiger partial charge < -0.3 is 25.5 Å². The van der Waals surface area contributed by atoms with Gasteiger partial charge in [0.2, 0.25) is 11.8 Å². The Bertz CT molecular complexity index is 1660. The second-order valence-corrected chi connectivity index (χ2v) is 10.9. The van der Waals surface area contributed by atoms with Gasteiger partial charge in [0.15, 0.2) is 11.6 Å². The molecule has 1 aliphatic carbocycles. The average molecular weight is 577 g/mol. The average Bonchev–Trinajstić information content (AvgIpc) is 3.36. The van der Waals surface area contributed by atoms with Crippen LogP contribution in [-0.2, 0) is 12.0 Å². The van der Waals surface area contributed by atoms with Gasteiger partial charge in [0.05, 0.1) is 30.1 Å². The highest BCUT2D eigenvalue weighted by Crippen LogP contribution is 2.42. The van der Waals surface area contributed by atoms with Crippen LogP contribution in [-0.4, -0.2) is 38.3 Å². The Balaban J connectivity index is 1.42. The van der Waals surface area contributed by atoms with Crippen molar-refractivity contribution in [3.63, 3.8) is 0 Å². The van der Waals surface area contributed by atoms with Gasteiger partial charge in [0.25, 0.3) is 5.91 Å². The van der Waals surface area contributed by atoms with Gasteiger partial charge in [-0.2, -0.15) is 0 Å². The first-order valence-electron chi connectivity index (χ1n) is 13.3. The summed E-state index contributed by atoms with van der Waals surface area (Å²) in [7, 11) is 0. The second kappa shape index (κ2) is 11.3. The molecule has 3 amide bonds. The van der Waals surface area contributed by atoms with Crippen molar-refractivity contribution in [3.8, 4) is 11.3 Å². The first kappa shape index (κ1) is 28.8. The smallest absolute Gasteiger partial charge is 0.319 e. The highest BCUT2D eigenvalue weighted by atomic mass is 19.2. The van der Waals surface area contributed by atoms with Crippen LogP contribution in [0.15, 0.2) is 52.9 Å². The number of carbonyl (C=O) groups excluding carboxylic acids is 2. The van der Waals surface area contributed by atoms with E-state index in [-0.39, 0.29) is 24.6 Å². The normalized spacial score (nSPS) is 17.3. The minimum absolute atomic E-state index is 0.0103. The number of aromatic nitrogens is 3. The number of carbonyl (C=O) groups is 2. The van der Waals surface area contributed by atoms with Gasteiger partial charge >= 0.3 is 6.03 Å². The van der Waals surface area contributed by atoms with Gasteiger partial charge in [0.1, 0.15) is 5.69 Å². The summed E-state index contributed by atoms with van der Waals surface area (Å²) in [5.41, 5.74) is 2.04. The fourth-order valence-electron chi connectivity index (χ4n) is 5.24. The Hall–Kier alpha value is -4.71. The van der Waals surface area contributed by atoms with E-state index in [0.717, 1.165) is 12.1 Å². The molecule has 2 heterocycles. The molecule has 218 valence electrons. The van der Waals surface area contributed by atoms with Gasteiger partial charge in [0, 0.05) is 12.5 Å². The zero-order valence-corrected chi connectivity index (χ0v) is 23.5. The third-order valence-electron chi connectivity index (χ3n) is 7.24. The molecule has 0 saturated heterocycles. The molecule has 10 nitrogen and oxygen atoms in total. The quantitative estimate of drug-likeness (QED) is 0.257. The van der Waals surface area contributed by atoms with Crippen molar-refractivity contribution in [2.24, 2.45) is 0 Å². The minimum Gasteiger partial charge on any atom is -0.424 e. The number of aryl methyl sites for hydroxylation is 2. The van der Waals surface area contributed by atoms with Crippen LogP contribution < -0.4 is 16.0 Å². The van der Waals surface area contributed by atoms with E-state index >= 15 is 0 Å². The molecular weight excluding hydrogens is 546 g/mol. The molecule has 0 aliphatic heterocycles. The molecule has 2 aromatic carbocycles. The highest BCUT2D eigenvalue weighted by Gasteiger charge is 2.40. The molecular formula is C30H30F2N6O4. The number of anilines is 1. The van der Waals surface area contributed by atoms with Crippen molar-refractivity contribution in [1.82, 2.24) is 25.8 Å². The molecule has 0 radical (unpaired) electrons. The summed E-state index contributed by atoms with van der Waals surface area (Å²) in [5, 5.41) is 26.7. The number of nitrogens with zero attached hydrogens (tertiary/aromatic N) is 3. The Morgan fingerprint density at radius 1 is 1.07 bits per heavy atom. The minimum atomic E-state index is -1.07. The number of amides is 3. The topological polar surface area (TPSA) is 142 Å². The van der Waals surface area contributed by atoms with Crippen LogP contribution in [0, 0.1) is 25.5 Å². The summed E-state index contributed by atoms with van der Waals surface area (Å²) in [6.45, 7) is 6.98. The van der Waals surface area contributed by atoms with E-state index in [1.165, 1.54) is 0 Å². The lowest BCUT2D eigenvalue weighted by molar-refractivity contribution is 0.0878. The Kier molecular flexibility index (Phi) is 7.74. The number of hydrogen-bond acceptors (Lipinski definition) is 7. The Morgan fingerprint density at radius 3 is 2.48 bits per heavy atom. The van der Waals surface area contributed by atoms with Gasteiger partial charge in [-0.25, -0.2) is 18.6 Å². The maximum Gasteiger partial charge on any atom is 0.319 e. The van der Waals surface area contributed by atoms with Crippen LogP contribution in [0.25, 0.3) is 11.3 Å². The molecule has 12 heteroatoms. The predicted octanol–water partition coefficient (Wildman–Crippen LogP) is 4.86. The van der Waals surface area contributed by atoms with Crippen molar-refractivity contribution in [2.75, 3.05) is 5.32 Å². The molecule has 0 fully saturated rings. The summed E-state index contributed by atoms with van der Waals surface area (Å²) in [6.07, 6.45) is -0.830. The lowest BCUT2D eigenvalue weighted by Gasteiger charge is -2.40. The van der Waals surface area contributed by atoms with Crippen LogP contribution in [0.4, 0.5) is 19.3 Å². The molecule has 5 rings (SSSR count). The van der Waals surface area contributed by atoms with E-state index in [1.54, 1.807) is 44.2 Å². The summed E-state index contributed by atoms with van der Waals surface area (Å²) in [6, 6.07) is 11.0.